The zero-order valence-electron chi connectivity index (χ0n) is 14.3. The second-order valence-electron chi connectivity index (χ2n) is 6.60. The first-order valence-corrected chi connectivity index (χ1v) is 8.83. The van der Waals surface area contributed by atoms with Crippen molar-refractivity contribution in [2.24, 2.45) is 0 Å². The summed E-state index contributed by atoms with van der Waals surface area (Å²) in [4.78, 5) is 14.7. The minimum atomic E-state index is -0.225. The van der Waals surface area contributed by atoms with Crippen molar-refractivity contribution in [2.45, 2.75) is 26.3 Å². The number of hydrogen-bond acceptors (Lipinski definition) is 6. The Morgan fingerprint density at radius 1 is 1.20 bits per heavy atom. The molecule has 3 heterocycles. The summed E-state index contributed by atoms with van der Waals surface area (Å²) in [5.74, 6) is -0.0569. The Hall–Kier alpha value is -1.64. The van der Waals surface area contributed by atoms with E-state index in [0.717, 1.165) is 34.9 Å². The van der Waals surface area contributed by atoms with E-state index in [1.807, 2.05) is 37.2 Å². The number of carbonyl (C=O) groups is 1. The monoisotopic (exact) mass is 363 g/mol. The van der Waals surface area contributed by atoms with Crippen LogP contribution in [0, 0.1) is 13.8 Å². The van der Waals surface area contributed by atoms with Crippen LogP contribution >= 0.6 is 11.6 Å². The van der Waals surface area contributed by atoms with Crippen LogP contribution in [0.2, 0.25) is 5.02 Å². The molecule has 2 fully saturated rings. The van der Waals surface area contributed by atoms with E-state index in [1.165, 1.54) is 0 Å². The third-order valence-corrected chi connectivity index (χ3v) is 5.26. The largest absolute Gasteiger partial charge is 0.379 e. The first kappa shape index (κ1) is 16.8. The number of nitrogens with zero attached hydrogens (tertiary/aromatic N) is 2. The van der Waals surface area contributed by atoms with Gasteiger partial charge in [0.05, 0.1) is 24.5 Å². The van der Waals surface area contributed by atoms with Gasteiger partial charge in [-0.3, -0.25) is 20.0 Å². The molecule has 3 N–H and O–H groups in total. The third kappa shape index (κ3) is 3.14. The van der Waals surface area contributed by atoms with Crippen LogP contribution in [0.3, 0.4) is 0 Å². The molecule has 25 heavy (non-hydrogen) atoms. The SMILES string of the molecule is Cc1cc(N2C=C3C(=O)NC(N4CCOCC4)NC3N2)c(C)cc1Cl. The predicted octanol–water partition coefficient (Wildman–Crippen LogP) is 0.827. The molecule has 0 saturated carbocycles. The van der Waals surface area contributed by atoms with Gasteiger partial charge in [-0.25, -0.2) is 5.43 Å². The molecule has 2 saturated heterocycles. The zero-order valence-corrected chi connectivity index (χ0v) is 15.1. The lowest BCUT2D eigenvalue weighted by atomic mass is 10.1. The number of ether oxygens (including phenoxy) is 1. The summed E-state index contributed by atoms with van der Waals surface area (Å²) in [5.41, 5.74) is 7.07. The summed E-state index contributed by atoms with van der Waals surface area (Å²) in [5, 5.41) is 9.12. The Bertz CT molecular complexity index is 732. The average Bonchev–Trinajstić information content (AvgIpc) is 3.03. The molecule has 0 bridgehead atoms. The quantitative estimate of drug-likeness (QED) is 0.723. The molecule has 3 aliphatic heterocycles. The van der Waals surface area contributed by atoms with Gasteiger partial charge in [-0.15, -0.1) is 0 Å². The van der Waals surface area contributed by atoms with Crippen molar-refractivity contribution in [3.05, 3.63) is 40.1 Å². The van der Waals surface area contributed by atoms with Crippen LogP contribution in [0.4, 0.5) is 5.69 Å². The number of aryl methyl sites for hydroxylation is 2. The topological polar surface area (TPSA) is 68.9 Å². The standard InChI is InChI=1S/C17H22ClN5O2/c1-10-8-14(11(2)7-13(10)18)23-9-12-15(21-23)19-17(20-16(12)24)22-3-5-25-6-4-22/h7-9,15,17,19,21H,3-6H2,1-2H3,(H,20,24). The Balaban J connectivity index is 1.54. The van der Waals surface area contributed by atoms with Gasteiger partial charge in [-0.2, -0.15) is 0 Å². The second-order valence-corrected chi connectivity index (χ2v) is 7.00. The van der Waals surface area contributed by atoms with Gasteiger partial charge < -0.3 is 10.1 Å². The van der Waals surface area contributed by atoms with Crippen molar-refractivity contribution in [3.63, 3.8) is 0 Å². The van der Waals surface area contributed by atoms with E-state index in [1.54, 1.807) is 0 Å². The van der Waals surface area contributed by atoms with E-state index in [4.69, 9.17) is 16.3 Å². The maximum absolute atomic E-state index is 12.5. The average molecular weight is 364 g/mol. The van der Waals surface area contributed by atoms with Gasteiger partial charge in [0.25, 0.3) is 5.91 Å². The molecule has 7 nitrogen and oxygen atoms in total. The smallest absolute Gasteiger partial charge is 0.254 e. The highest BCUT2D eigenvalue weighted by atomic mass is 35.5. The maximum Gasteiger partial charge on any atom is 0.254 e. The van der Waals surface area contributed by atoms with Crippen LogP contribution < -0.4 is 21.1 Å². The first-order chi connectivity index (χ1) is 12.0. The van der Waals surface area contributed by atoms with Crippen LogP contribution in [0.15, 0.2) is 23.9 Å². The lowest BCUT2D eigenvalue weighted by molar-refractivity contribution is -0.123. The number of halogens is 1. The fraction of sp³-hybridized carbons (Fsp3) is 0.471. The molecule has 3 aliphatic rings. The first-order valence-electron chi connectivity index (χ1n) is 8.45. The van der Waals surface area contributed by atoms with E-state index >= 15 is 0 Å². The highest BCUT2D eigenvalue weighted by Gasteiger charge is 2.38. The van der Waals surface area contributed by atoms with Gasteiger partial charge in [0.2, 0.25) is 0 Å². The fourth-order valence-electron chi connectivity index (χ4n) is 3.38. The molecule has 4 rings (SSSR count). The van der Waals surface area contributed by atoms with Crippen LogP contribution in [-0.2, 0) is 9.53 Å². The number of rotatable bonds is 2. The van der Waals surface area contributed by atoms with Gasteiger partial charge in [-0.05, 0) is 37.1 Å². The van der Waals surface area contributed by atoms with Crippen molar-refractivity contribution in [3.8, 4) is 0 Å². The van der Waals surface area contributed by atoms with Crippen molar-refractivity contribution >= 4 is 23.2 Å². The number of fused-ring (bicyclic) bond motifs is 1. The number of amides is 1. The van der Waals surface area contributed by atoms with Crippen molar-refractivity contribution in [1.29, 1.82) is 0 Å². The van der Waals surface area contributed by atoms with E-state index in [9.17, 15) is 4.79 Å². The molecular weight excluding hydrogens is 342 g/mol. The summed E-state index contributed by atoms with van der Waals surface area (Å²) in [7, 11) is 0. The number of hydrogen-bond donors (Lipinski definition) is 3. The van der Waals surface area contributed by atoms with Crippen LogP contribution in [0.25, 0.3) is 0 Å². The van der Waals surface area contributed by atoms with E-state index in [2.05, 4.69) is 21.0 Å². The van der Waals surface area contributed by atoms with E-state index in [-0.39, 0.29) is 18.4 Å². The lowest BCUT2D eigenvalue weighted by Crippen LogP contribution is -2.68. The van der Waals surface area contributed by atoms with Gasteiger partial charge in [0, 0.05) is 24.3 Å². The molecule has 0 radical (unpaired) electrons. The molecule has 1 aromatic carbocycles. The molecule has 0 spiro atoms. The molecule has 0 aromatic heterocycles. The summed E-state index contributed by atoms with van der Waals surface area (Å²) in [6, 6.07) is 3.97. The molecule has 1 amide bonds. The minimum Gasteiger partial charge on any atom is -0.379 e. The number of carbonyl (C=O) groups excluding carboxylic acids is 1. The number of hydrazine groups is 1. The summed E-state index contributed by atoms with van der Waals surface area (Å²) >= 11 is 6.20. The van der Waals surface area contributed by atoms with Crippen molar-refractivity contribution < 1.29 is 9.53 Å². The molecule has 2 unspecified atom stereocenters. The van der Waals surface area contributed by atoms with Gasteiger partial charge in [0.15, 0.2) is 0 Å². The van der Waals surface area contributed by atoms with Crippen LogP contribution in [0.1, 0.15) is 11.1 Å². The Morgan fingerprint density at radius 2 is 1.96 bits per heavy atom. The van der Waals surface area contributed by atoms with Crippen molar-refractivity contribution in [1.82, 2.24) is 21.0 Å². The third-order valence-electron chi connectivity index (χ3n) is 4.85. The highest BCUT2D eigenvalue weighted by molar-refractivity contribution is 6.31. The maximum atomic E-state index is 12.5. The number of benzene rings is 1. The van der Waals surface area contributed by atoms with Gasteiger partial charge in [-0.1, -0.05) is 11.6 Å². The molecular formula is C17H22ClN5O2. The van der Waals surface area contributed by atoms with Gasteiger partial charge >= 0.3 is 0 Å². The summed E-state index contributed by atoms with van der Waals surface area (Å²) in [6.07, 6.45) is 1.43. The lowest BCUT2D eigenvalue weighted by Gasteiger charge is -2.40. The van der Waals surface area contributed by atoms with E-state index in [0.29, 0.717) is 18.8 Å². The number of morpholine rings is 1. The predicted molar refractivity (Wildman–Crippen MR) is 95.9 cm³/mol. The number of anilines is 1. The Labute approximate surface area is 151 Å². The van der Waals surface area contributed by atoms with Crippen LogP contribution in [-0.4, -0.2) is 49.6 Å². The van der Waals surface area contributed by atoms with E-state index < -0.39 is 0 Å². The molecule has 8 heteroatoms. The zero-order chi connectivity index (χ0) is 17.6. The molecule has 1 aromatic rings. The molecule has 2 atom stereocenters. The number of nitrogens with one attached hydrogen (secondary N) is 3. The second kappa shape index (κ2) is 6.59. The summed E-state index contributed by atoms with van der Waals surface area (Å²) in [6.45, 7) is 6.94. The van der Waals surface area contributed by atoms with Crippen molar-refractivity contribution in [2.75, 3.05) is 31.3 Å². The molecule has 0 aliphatic carbocycles. The fourth-order valence-corrected chi connectivity index (χ4v) is 3.60. The summed E-state index contributed by atoms with van der Waals surface area (Å²) < 4.78 is 5.38. The van der Waals surface area contributed by atoms with Gasteiger partial charge in [0.1, 0.15) is 12.5 Å². The highest BCUT2D eigenvalue weighted by Crippen LogP contribution is 2.29. The Morgan fingerprint density at radius 3 is 2.72 bits per heavy atom. The minimum absolute atomic E-state index is 0.0569. The molecule has 134 valence electrons. The van der Waals surface area contributed by atoms with Crippen LogP contribution in [0.5, 0.6) is 0 Å². The Kier molecular flexibility index (Phi) is 4.43. The normalized spacial score (nSPS) is 27.1.